The second-order valence-corrected chi connectivity index (χ2v) is 5.14. The molecule has 0 fully saturated rings. The third-order valence-electron chi connectivity index (χ3n) is 2.71. The summed E-state index contributed by atoms with van der Waals surface area (Å²) in [4.78, 5) is 12.7. The van der Waals surface area contributed by atoms with E-state index >= 15 is 0 Å². The molecule has 98 valence electrons. The van der Waals surface area contributed by atoms with E-state index in [-0.39, 0.29) is 5.91 Å². The van der Waals surface area contributed by atoms with Crippen LogP contribution in [-0.2, 0) is 11.2 Å². The molecule has 0 unspecified atom stereocenters. The molecule has 2 aromatic rings. The Morgan fingerprint density at radius 2 is 2.00 bits per heavy atom. The monoisotopic (exact) mass is 272 g/mol. The number of nitrogens with one attached hydrogen (secondary N) is 1. The summed E-state index contributed by atoms with van der Waals surface area (Å²) < 4.78 is 0. The zero-order chi connectivity index (χ0) is 13.5. The highest BCUT2D eigenvalue weighted by atomic mass is 32.1. The highest BCUT2D eigenvalue weighted by Crippen LogP contribution is 2.09. The molecule has 3 nitrogen and oxygen atoms in total. The van der Waals surface area contributed by atoms with Crippen LogP contribution in [0.5, 0.6) is 0 Å². The number of thiophene rings is 1. The van der Waals surface area contributed by atoms with E-state index < -0.39 is 0 Å². The third kappa shape index (κ3) is 4.34. The summed E-state index contributed by atoms with van der Waals surface area (Å²) in [6, 6.07) is 13.9. The van der Waals surface area contributed by atoms with Gasteiger partial charge < -0.3 is 0 Å². The van der Waals surface area contributed by atoms with Gasteiger partial charge in [0.05, 0.1) is 5.71 Å². The molecule has 0 saturated carbocycles. The maximum absolute atomic E-state index is 11.7. The highest BCUT2D eigenvalue weighted by Gasteiger charge is 2.02. The van der Waals surface area contributed by atoms with Crippen LogP contribution in [0.2, 0.25) is 0 Å². The summed E-state index contributed by atoms with van der Waals surface area (Å²) in [5.74, 6) is -0.0558. The van der Waals surface area contributed by atoms with Gasteiger partial charge in [-0.3, -0.25) is 4.79 Å². The van der Waals surface area contributed by atoms with Gasteiger partial charge in [-0.1, -0.05) is 36.4 Å². The molecule has 1 aromatic carbocycles. The lowest BCUT2D eigenvalue weighted by molar-refractivity contribution is -0.121. The molecular weight excluding hydrogens is 256 g/mol. The largest absolute Gasteiger partial charge is 0.273 e. The molecule has 1 heterocycles. The average molecular weight is 272 g/mol. The molecule has 0 aliphatic rings. The lowest BCUT2D eigenvalue weighted by Crippen LogP contribution is -2.19. The summed E-state index contributed by atoms with van der Waals surface area (Å²) in [6.07, 6.45) is 1.19. The van der Waals surface area contributed by atoms with Crippen LogP contribution in [-0.4, -0.2) is 11.6 Å². The summed E-state index contributed by atoms with van der Waals surface area (Å²) in [5.41, 5.74) is 4.60. The van der Waals surface area contributed by atoms with Crippen molar-refractivity contribution >= 4 is 23.0 Å². The molecule has 1 amide bonds. The Balaban J connectivity index is 1.80. The molecule has 0 aliphatic carbocycles. The van der Waals surface area contributed by atoms with Crippen molar-refractivity contribution in [1.82, 2.24) is 5.43 Å². The van der Waals surface area contributed by atoms with Crippen LogP contribution in [0.25, 0.3) is 0 Å². The first-order valence-corrected chi connectivity index (χ1v) is 7.04. The van der Waals surface area contributed by atoms with E-state index in [9.17, 15) is 4.79 Å². The number of hydrogen-bond acceptors (Lipinski definition) is 3. The van der Waals surface area contributed by atoms with E-state index in [1.54, 1.807) is 11.3 Å². The van der Waals surface area contributed by atoms with Crippen molar-refractivity contribution in [2.75, 3.05) is 0 Å². The predicted octanol–water partition coefficient (Wildman–Crippen LogP) is 3.22. The van der Waals surface area contributed by atoms with Crippen LogP contribution in [0.1, 0.15) is 23.8 Å². The molecule has 0 radical (unpaired) electrons. The van der Waals surface area contributed by atoms with Crippen molar-refractivity contribution in [2.24, 2.45) is 5.10 Å². The maximum Gasteiger partial charge on any atom is 0.240 e. The SMILES string of the molecule is CC(=NNC(=O)CCc1ccccc1)c1cccs1. The number of carbonyl (C=O) groups excluding carboxylic acids is 1. The van der Waals surface area contributed by atoms with Gasteiger partial charge in [0.25, 0.3) is 0 Å². The number of hydrazone groups is 1. The van der Waals surface area contributed by atoms with Crippen molar-refractivity contribution < 1.29 is 4.79 Å². The van der Waals surface area contributed by atoms with E-state index in [1.807, 2.05) is 54.8 Å². The molecule has 2 rings (SSSR count). The highest BCUT2D eigenvalue weighted by molar-refractivity contribution is 7.12. The first-order valence-electron chi connectivity index (χ1n) is 6.16. The summed E-state index contributed by atoms with van der Waals surface area (Å²) in [7, 11) is 0. The number of benzene rings is 1. The Morgan fingerprint density at radius 1 is 1.21 bits per heavy atom. The van der Waals surface area contributed by atoms with Gasteiger partial charge >= 0.3 is 0 Å². The minimum absolute atomic E-state index is 0.0558. The number of rotatable bonds is 5. The fourth-order valence-corrected chi connectivity index (χ4v) is 2.32. The number of nitrogens with zero attached hydrogens (tertiary/aromatic N) is 1. The summed E-state index contributed by atoms with van der Waals surface area (Å²) in [6.45, 7) is 1.89. The lowest BCUT2D eigenvalue weighted by Gasteiger charge is -2.02. The van der Waals surface area contributed by atoms with Crippen LogP contribution in [0, 0.1) is 0 Å². The van der Waals surface area contributed by atoms with E-state index in [0.29, 0.717) is 6.42 Å². The van der Waals surface area contributed by atoms with Crippen molar-refractivity contribution in [3.05, 3.63) is 58.3 Å². The van der Waals surface area contributed by atoms with Gasteiger partial charge in [-0.25, -0.2) is 5.43 Å². The maximum atomic E-state index is 11.7. The number of hydrogen-bond donors (Lipinski definition) is 1. The molecule has 0 atom stereocenters. The van der Waals surface area contributed by atoms with Gasteiger partial charge in [0.15, 0.2) is 0 Å². The number of carbonyl (C=O) groups is 1. The van der Waals surface area contributed by atoms with Gasteiger partial charge in [0.1, 0.15) is 0 Å². The Labute approximate surface area is 117 Å². The van der Waals surface area contributed by atoms with Crippen molar-refractivity contribution in [3.8, 4) is 0 Å². The summed E-state index contributed by atoms with van der Waals surface area (Å²) >= 11 is 1.61. The minimum atomic E-state index is -0.0558. The first kappa shape index (κ1) is 13.5. The van der Waals surface area contributed by atoms with Gasteiger partial charge in [-0.2, -0.15) is 5.10 Å². The van der Waals surface area contributed by atoms with Crippen molar-refractivity contribution in [1.29, 1.82) is 0 Å². The second kappa shape index (κ2) is 6.85. The van der Waals surface area contributed by atoms with E-state index in [1.165, 1.54) is 0 Å². The van der Waals surface area contributed by atoms with Crippen LogP contribution in [0.15, 0.2) is 52.9 Å². The molecule has 0 saturated heterocycles. The van der Waals surface area contributed by atoms with Gasteiger partial charge in [0, 0.05) is 11.3 Å². The van der Waals surface area contributed by atoms with E-state index in [4.69, 9.17) is 0 Å². The van der Waals surface area contributed by atoms with Gasteiger partial charge in [0.2, 0.25) is 5.91 Å². The zero-order valence-electron chi connectivity index (χ0n) is 10.8. The van der Waals surface area contributed by atoms with Crippen LogP contribution in [0.3, 0.4) is 0 Å². The molecule has 1 aromatic heterocycles. The first-order chi connectivity index (χ1) is 9.25. The van der Waals surface area contributed by atoms with E-state index in [2.05, 4.69) is 10.5 Å². The number of amides is 1. The average Bonchev–Trinajstić information content (AvgIpc) is 2.98. The molecular formula is C15H16N2OS. The van der Waals surface area contributed by atoms with Crippen molar-refractivity contribution in [2.45, 2.75) is 19.8 Å². The minimum Gasteiger partial charge on any atom is -0.273 e. The number of aryl methyl sites for hydroxylation is 1. The normalized spacial score (nSPS) is 11.3. The molecule has 0 bridgehead atoms. The van der Waals surface area contributed by atoms with Crippen LogP contribution >= 0.6 is 11.3 Å². The van der Waals surface area contributed by atoms with Crippen LogP contribution < -0.4 is 5.43 Å². The molecule has 19 heavy (non-hydrogen) atoms. The Morgan fingerprint density at radius 3 is 2.68 bits per heavy atom. The molecule has 1 N–H and O–H groups in total. The van der Waals surface area contributed by atoms with Crippen molar-refractivity contribution in [3.63, 3.8) is 0 Å². The lowest BCUT2D eigenvalue weighted by atomic mass is 10.1. The van der Waals surface area contributed by atoms with Gasteiger partial charge in [-0.05, 0) is 30.4 Å². The van der Waals surface area contributed by atoms with E-state index in [0.717, 1.165) is 22.6 Å². The standard InChI is InChI=1S/C15H16N2OS/c1-12(14-8-5-11-19-14)16-17-15(18)10-9-13-6-3-2-4-7-13/h2-8,11H,9-10H2,1H3,(H,17,18). The Hall–Kier alpha value is -1.94. The third-order valence-corrected chi connectivity index (χ3v) is 3.69. The fourth-order valence-electron chi connectivity index (χ4n) is 1.64. The van der Waals surface area contributed by atoms with Crippen LogP contribution in [0.4, 0.5) is 0 Å². The Bertz CT molecular complexity index is 547. The topological polar surface area (TPSA) is 41.5 Å². The summed E-state index contributed by atoms with van der Waals surface area (Å²) in [5, 5.41) is 6.10. The molecule has 0 spiro atoms. The van der Waals surface area contributed by atoms with Gasteiger partial charge in [-0.15, -0.1) is 11.3 Å². The Kier molecular flexibility index (Phi) is 4.86. The smallest absolute Gasteiger partial charge is 0.240 e. The second-order valence-electron chi connectivity index (χ2n) is 4.20. The molecule has 0 aliphatic heterocycles. The zero-order valence-corrected chi connectivity index (χ0v) is 11.6. The molecule has 4 heteroatoms. The fraction of sp³-hybridized carbons (Fsp3) is 0.200. The predicted molar refractivity (Wildman–Crippen MR) is 79.4 cm³/mol. The quantitative estimate of drug-likeness (QED) is 0.659.